The van der Waals surface area contributed by atoms with Crippen LogP contribution in [0.25, 0.3) is 0 Å². The van der Waals surface area contributed by atoms with Gasteiger partial charge in [-0.25, -0.2) is 8.78 Å². The third-order valence-corrected chi connectivity index (χ3v) is 4.92. The van der Waals surface area contributed by atoms with E-state index >= 15 is 0 Å². The van der Waals surface area contributed by atoms with Crippen LogP contribution < -0.4 is 5.32 Å². The maximum atomic E-state index is 12.8. The van der Waals surface area contributed by atoms with Crippen molar-refractivity contribution < 1.29 is 18.4 Å². The molecule has 1 saturated heterocycles. The van der Waals surface area contributed by atoms with Gasteiger partial charge in [-0.1, -0.05) is 12.1 Å². The van der Waals surface area contributed by atoms with E-state index in [1.807, 2.05) is 13.8 Å². The van der Waals surface area contributed by atoms with Crippen LogP contribution in [-0.2, 0) is 0 Å². The first-order valence-corrected chi connectivity index (χ1v) is 9.39. The summed E-state index contributed by atoms with van der Waals surface area (Å²) in [6.45, 7) is 4.91. The number of alkyl halides is 2. The zero-order chi connectivity index (χ0) is 20.3. The van der Waals surface area contributed by atoms with Crippen molar-refractivity contribution in [2.45, 2.75) is 45.2 Å². The molecule has 2 amide bonds. The van der Waals surface area contributed by atoms with Crippen LogP contribution >= 0.6 is 0 Å². The van der Waals surface area contributed by atoms with Crippen LogP contribution in [0.4, 0.5) is 8.78 Å². The van der Waals surface area contributed by atoms with E-state index < -0.39 is 6.43 Å². The molecule has 1 fully saturated rings. The van der Waals surface area contributed by atoms with Gasteiger partial charge in [0.2, 0.25) is 0 Å². The van der Waals surface area contributed by atoms with E-state index in [-0.39, 0.29) is 29.5 Å². The summed E-state index contributed by atoms with van der Waals surface area (Å²) in [5.74, 6) is -0.485. The fourth-order valence-corrected chi connectivity index (χ4v) is 3.29. The van der Waals surface area contributed by atoms with E-state index in [2.05, 4.69) is 10.4 Å². The topological polar surface area (TPSA) is 67.2 Å². The second kappa shape index (κ2) is 8.50. The average Bonchev–Trinajstić information content (AvgIpc) is 3.35. The lowest BCUT2D eigenvalue weighted by Crippen LogP contribution is -2.43. The standard InChI is InChI=1S/C20H24F2N4O2/c1-13(2)26-11-9-17(24-26)20(28)25-10-3-4-16(25)12-23-19(27)15-7-5-14(6-8-15)18(21)22/h5-9,11,13,16,18H,3-4,10,12H2,1-2H3,(H,23,27). The Labute approximate surface area is 162 Å². The highest BCUT2D eigenvalue weighted by Gasteiger charge is 2.31. The smallest absolute Gasteiger partial charge is 0.274 e. The number of carbonyl (C=O) groups is 2. The van der Waals surface area contributed by atoms with Gasteiger partial charge >= 0.3 is 0 Å². The molecule has 1 aliphatic heterocycles. The Morgan fingerprint density at radius 3 is 2.54 bits per heavy atom. The van der Waals surface area contributed by atoms with Crippen LogP contribution in [0.2, 0.25) is 0 Å². The number of carbonyl (C=O) groups excluding carboxylic acids is 2. The molecule has 1 aromatic heterocycles. The second-order valence-corrected chi connectivity index (χ2v) is 7.20. The van der Waals surface area contributed by atoms with Crippen molar-refractivity contribution in [3.8, 4) is 0 Å². The summed E-state index contributed by atoms with van der Waals surface area (Å²) >= 11 is 0. The van der Waals surface area contributed by atoms with Gasteiger partial charge < -0.3 is 10.2 Å². The zero-order valence-electron chi connectivity index (χ0n) is 15.9. The number of hydrogen-bond acceptors (Lipinski definition) is 3. The molecule has 2 aromatic rings. The second-order valence-electron chi connectivity index (χ2n) is 7.20. The highest BCUT2D eigenvalue weighted by molar-refractivity contribution is 5.94. The van der Waals surface area contributed by atoms with Gasteiger partial charge in [0, 0.05) is 42.5 Å². The van der Waals surface area contributed by atoms with Gasteiger partial charge in [0.1, 0.15) is 5.69 Å². The van der Waals surface area contributed by atoms with Gasteiger partial charge in [0.25, 0.3) is 18.2 Å². The zero-order valence-corrected chi connectivity index (χ0v) is 15.9. The molecule has 0 aliphatic carbocycles. The predicted octanol–water partition coefficient (Wildman–Crippen LogP) is 3.44. The summed E-state index contributed by atoms with van der Waals surface area (Å²) in [4.78, 5) is 26.8. The minimum Gasteiger partial charge on any atom is -0.350 e. The number of nitrogens with zero attached hydrogens (tertiary/aromatic N) is 3. The minimum atomic E-state index is -2.56. The van der Waals surface area contributed by atoms with E-state index in [9.17, 15) is 18.4 Å². The lowest BCUT2D eigenvalue weighted by atomic mass is 10.1. The van der Waals surface area contributed by atoms with Crippen molar-refractivity contribution in [2.24, 2.45) is 0 Å². The van der Waals surface area contributed by atoms with Gasteiger partial charge in [-0.05, 0) is 44.9 Å². The highest BCUT2D eigenvalue weighted by atomic mass is 19.3. The van der Waals surface area contributed by atoms with E-state index in [1.165, 1.54) is 24.3 Å². The number of aromatic nitrogens is 2. The minimum absolute atomic E-state index is 0.110. The van der Waals surface area contributed by atoms with Crippen molar-refractivity contribution in [3.05, 3.63) is 53.3 Å². The van der Waals surface area contributed by atoms with Crippen LogP contribution in [0.1, 0.15) is 65.6 Å². The molecule has 0 radical (unpaired) electrons. The summed E-state index contributed by atoms with van der Waals surface area (Å²) in [7, 11) is 0. The Morgan fingerprint density at radius 1 is 1.21 bits per heavy atom. The molecule has 1 aliphatic rings. The molecule has 1 atom stereocenters. The summed E-state index contributed by atoms with van der Waals surface area (Å²) < 4.78 is 27.0. The van der Waals surface area contributed by atoms with Gasteiger partial charge in [-0.15, -0.1) is 0 Å². The Balaban J connectivity index is 1.60. The first-order chi connectivity index (χ1) is 13.4. The maximum absolute atomic E-state index is 12.8. The first-order valence-electron chi connectivity index (χ1n) is 9.39. The van der Waals surface area contributed by atoms with Crippen molar-refractivity contribution in [1.82, 2.24) is 20.0 Å². The Hall–Kier alpha value is -2.77. The largest absolute Gasteiger partial charge is 0.350 e. The molecule has 8 heteroatoms. The molecule has 0 bridgehead atoms. The van der Waals surface area contributed by atoms with E-state index in [1.54, 1.807) is 21.8 Å². The molecule has 3 rings (SSSR count). The van der Waals surface area contributed by atoms with Crippen LogP contribution in [0, 0.1) is 0 Å². The summed E-state index contributed by atoms with van der Waals surface area (Å²) in [5.41, 5.74) is 0.593. The van der Waals surface area contributed by atoms with E-state index in [4.69, 9.17) is 0 Å². The molecule has 150 valence electrons. The van der Waals surface area contributed by atoms with Crippen molar-refractivity contribution in [3.63, 3.8) is 0 Å². The van der Waals surface area contributed by atoms with Gasteiger partial charge in [-0.2, -0.15) is 5.10 Å². The van der Waals surface area contributed by atoms with Crippen LogP contribution in [0.15, 0.2) is 36.5 Å². The Morgan fingerprint density at radius 2 is 1.93 bits per heavy atom. The molecule has 28 heavy (non-hydrogen) atoms. The number of likely N-dealkylation sites (tertiary alicyclic amines) is 1. The van der Waals surface area contributed by atoms with Crippen molar-refractivity contribution in [2.75, 3.05) is 13.1 Å². The van der Waals surface area contributed by atoms with Crippen LogP contribution in [0.3, 0.4) is 0 Å². The lowest BCUT2D eigenvalue weighted by molar-refractivity contribution is 0.0718. The summed E-state index contributed by atoms with van der Waals surface area (Å²) in [5, 5.41) is 7.13. The first kappa shape index (κ1) is 20.0. The highest BCUT2D eigenvalue weighted by Crippen LogP contribution is 2.21. The Bertz CT molecular complexity index is 833. The fourth-order valence-electron chi connectivity index (χ4n) is 3.29. The quantitative estimate of drug-likeness (QED) is 0.822. The number of rotatable bonds is 6. The number of hydrogen-bond donors (Lipinski definition) is 1. The maximum Gasteiger partial charge on any atom is 0.274 e. The predicted molar refractivity (Wildman–Crippen MR) is 100 cm³/mol. The van der Waals surface area contributed by atoms with Gasteiger partial charge in [0.05, 0.1) is 0 Å². The van der Waals surface area contributed by atoms with Gasteiger partial charge in [0.15, 0.2) is 0 Å². The van der Waals surface area contributed by atoms with E-state index in [0.717, 1.165) is 12.8 Å². The molecule has 1 N–H and O–H groups in total. The normalized spacial score (nSPS) is 16.8. The monoisotopic (exact) mass is 390 g/mol. The number of benzene rings is 1. The molecule has 1 unspecified atom stereocenters. The molecule has 2 heterocycles. The summed E-state index contributed by atoms with van der Waals surface area (Å²) in [6, 6.07) is 7.03. The molecule has 0 saturated carbocycles. The third kappa shape index (κ3) is 4.37. The fraction of sp³-hybridized carbons (Fsp3) is 0.450. The Kier molecular flexibility index (Phi) is 6.06. The summed E-state index contributed by atoms with van der Waals surface area (Å²) in [6.07, 6.45) is 0.879. The van der Waals surface area contributed by atoms with Crippen LogP contribution in [0.5, 0.6) is 0 Å². The number of halogens is 2. The van der Waals surface area contributed by atoms with Crippen molar-refractivity contribution in [1.29, 1.82) is 0 Å². The number of nitrogens with one attached hydrogen (secondary N) is 1. The molecule has 6 nitrogen and oxygen atoms in total. The molecular formula is C20H24F2N4O2. The van der Waals surface area contributed by atoms with Crippen LogP contribution in [-0.4, -0.2) is 45.6 Å². The average molecular weight is 390 g/mol. The van der Waals surface area contributed by atoms with E-state index in [0.29, 0.717) is 24.3 Å². The van der Waals surface area contributed by atoms with Gasteiger partial charge in [-0.3, -0.25) is 14.3 Å². The number of amides is 2. The lowest BCUT2D eigenvalue weighted by Gasteiger charge is -2.24. The van der Waals surface area contributed by atoms with Crippen molar-refractivity contribution >= 4 is 11.8 Å². The molecule has 0 spiro atoms. The third-order valence-electron chi connectivity index (χ3n) is 4.92. The molecule has 1 aromatic carbocycles. The molecular weight excluding hydrogens is 366 g/mol. The SMILES string of the molecule is CC(C)n1ccc(C(=O)N2CCCC2CNC(=O)c2ccc(C(F)F)cc2)n1.